The normalized spacial score (nSPS) is 11.5. The van der Waals surface area contributed by atoms with E-state index in [1.54, 1.807) is 0 Å². The Kier molecular flexibility index (Phi) is 7.04. The van der Waals surface area contributed by atoms with Gasteiger partial charge in [0.15, 0.2) is 0 Å². The maximum absolute atomic E-state index is 2.43. The van der Waals surface area contributed by atoms with Crippen molar-refractivity contribution in [3.8, 4) is 27.9 Å². The van der Waals surface area contributed by atoms with Crippen LogP contribution in [0.1, 0.15) is 0 Å². The van der Waals surface area contributed by atoms with Gasteiger partial charge < -0.3 is 9.47 Å². The third-order valence-corrected chi connectivity index (χ3v) is 11.2. The van der Waals surface area contributed by atoms with Gasteiger partial charge in [-0.2, -0.15) is 0 Å². The van der Waals surface area contributed by atoms with Crippen molar-refractivity contribution in [1.29, 1.82) is 0 Å². The molecule has 51 heavy (non-hydrogen) atoms. The van der Waals surface area contributed by atoms with Gasteiger partial charge in [0, 0.05) is 53.6 Å². The van der Waals surface area contributed by atoms with Crippen molar-refractivity contribution in [3.63, 3.8) is 0 Å². The van der Waals surface area contributed by atoms with E-state index in [1.165, 1.54) is 64.2 Å². The summed E-state index contributed by atoms with van der Waals surface area (Å²) < 4.78 is 5.03. The van der Waals surface area contributed by atoms with Gasteiger partial charge >= 0.3 is 0 Å². The van der Waals surface area contributed by atoms with Crippen LogP contribution in [0.2, 0.25) is 0 Å². The van der Waals surface area contributed by atoms with Gasteiger partial charge in [-0.15, -0.1) is 11.3 Å². The number of anilines is 3. The van der Waals surface area contributed by atoms with Crippen LogP contribution in [0.5, 0.6) is 0 Å². The smallest absolute Gasteiger partial charge is 0.0562 e. The Balaban J connectivity index is 1.25. The number of thiophene rings is 1. The van der Waals surface area contributed by atoms with Crippen LogP contribution < -0.4 is 4.90 Å². The summed E-state index contributed by atoms with van der Waals surface area (Å²) in [5.41, 5.74) is 11.8. The zero-order chi connectivity index (χ0) is 33.7. The van der Waals surface area contributed by atoms with Crippen LogP contribution in [-0.2, 0) is 0 Å². The first-order chi connectivity index (χ1) is 25.3. The first-order valence-corrected chi connectivity index (χ1v) is 18.2. The fraction of sp³-hybridized carbons (Fsp3) is 0. The molecule has 240 valence electrons. The third kappa shape index (κ3) is 4.85. The second kappa shape index (κ2) is 12.2. The summed E-state index contributed by atoms with van der Waals surface area (Å²) in [5, 5.41) is 5.07. The molecule has 0 atom stereocenters. The zero-order valence-corrected chi connectivity index (χ0v) is 28.6. The van der Waals surface area contributed by atoms with Crippen LogP contribution in [-0.4, -0.2) is 4.57 Å². The number of nitrogens with zero attached hydrogens (tertiary/aromatic N) is 2. The van der Waals surface area contributed by atoms with Crippen molar-refractivity contribution < 1.29 is 0 Å². The highest BCUT2D eigenvalue weighted by atomic mass is 32.1. The minimum Gasteiger partial charge on any atom is -0.310 e. The molecule has 10 rings (SSSR count). The molecule has 0 aliphatic heterocycles. The summed E-state index contributed by atoms with van der Waals surface area (Å²) in [6.45, 7) is 0. The highest BCUT2D eigenvalue weighted by Crippen LogP contribution is 2.47. The molecule has 0 fully saturated rings. The van der Waals surface area contributed by atoms with Gasteiger partial charge in [0.2, 0.25) is 0 Å². The van der Waals surface area contributed by atoms with Crippen molar-refractivity contribution in [2.24, 2.45) is 0 Å². The van der Waals surface area contributed by atoms with Crippen molar-refractivity contribution >= 4 is 70.4 Å². The Morgan fingerprint density at radius 1 is 0.412 bits per heavy atom. The highest BCUT2D eigenvalue weighted by molar-refractivity contribution is 7.26. The molecule has 0 unspecified atom stereocenters. The quantitative estimate of drug-likeness (QED) is 0.171. The molecule has 0 spiro atoms. The summed E-state index contributed by atoms with van der Waals surface area (Å²) in [6.07, 6.45) is 0. The van der Waals surface area contributed by atoms with E-state index in [0.717, 1.165) is 22.7 Å². The average molecular weight is 669 g/mol. The summed E-state index contributed by atoms with van der Waals surface area (Å²) in [7, 11) is 0. The predicted molar refractivity (Wildman–Crippen MR) is 219 cm³/mol. The number of para-hydroxylation sites is 3. The second-order valence-corrected chi connectivity index (χ2v) is 14.0. The number of rotatable bonds is 6. The lowest BCUT2D eigenvalue weighted by Gasteiger charge is -2.28. The minimum absolute atomic E-state index is 1.11. The van der Waals surface area contributed by atoms with Crippen LogP contribution in [0.3, 0.4) is 0 Å². The standard InChI is InChI=1S/C48H32N2S/c1-4-16-33(17-5-1)42-32-36(30-31-37(42)39-24-14-25-40-38-22-11-13-29-46(38)51-48(39)40)49(34-18-6-2-7-19-34)44-27-15-28-45-47(44)41-23-10-12-26-43(41)50(45)35-20-8-3-9-21-35/h1-32H. The largest absolute Gasteiger partial charge is 0.310 e. The molecule has 8 aromatic carbocycles. The Bertz CT molecular complexity index is 2850. The van der Waals surface area contributed by atoms with E-state index in [1.807, 2.05) is 11.3 Å². The first kappa shape index (κ1) is 29.5. The van der Waals surface area contributed by atoms with E-state index in [2.05, 4.69) is 204 Å². The van der Waals surface area contributed by atoms with E-state index in [9.17, 15) is 0 Å². The Labute approximate surface area is 300 Å². The molecule has 3 heteroatoms. The van der Waals surface area contributed by atoms with Crippen LogP contribution >= 0.6 is 11.3 Å². The maximum atomic E-state index is 2.43. The average Bonchev–Trinajstić information content (AvgIpc) is 3.76. The lowest BCUT2D eigenvalue weighted by molar-refractivity contribution is 1.18. The fourth-order valence-corrected chi connectivity index (χ4v) is 9.00. The van der Waals surface area contributed by atoms with Gasteiger partial charge in [-0.05, 0) is 77.4 Å². The van der Waals surface area contributed by atoms with Crippen molar-refractivity contribution in [3.05, 3.63) is 194 Å². The van der Waals surface area contributed by atoms with Gasteiger partial charge in [0.05, 0.1) is 16.7 Å². The number of benzene rings is 8. The second-order valence-electron chi connectivity index (χ2n) is 12.9. The number of aromatic nitrogens is 1. The molecule has 0 amide bonds. The molecule has 0 aliphatic rings. The Morgan fingerprint density at radius 3 is 1.88 bits per heavy atom. The molecule has 0 aliphatic carbocycles. The first-order valence-electron chi connectivity index (χ1n) is 17.4. The zero-order valence-electron chi connectivity index (χ0n) is 27.8. The Hall–Kier alpha value is -6.42. The predicted octanol–water partition coefficient (Wildman–Crippen LogP) is 14.0. The van der Waals surface area contributed by atoms with Crippen LogP contribution in [0, 0.1) is 0 Å². The molecule has 2 nitrogen and oxygen atoms in total. The highest BCUT2D eigenvalue weighted by Gasteiger charge is 2.22. The number of hydrogen-bond acceptors (Lipinski definition) is 2. The summed E-state index contributed by atoms with van der Waals surface area (Å²) in [6, 6.07) is 70.3. The topological polar surface area (TPSA) is 8.17 Å². The van der Waals surface area contributed by atoms with Gasteiger partial charge in [-0.1, -0.05) is 133 Å². The van der Waals surface area contributed by atoms with Crippen LogP contribution in [0.15, 0.2) is 194 Å². The van der Waals surface area contributed by atoms with Crippen molar-refractivity contribution in [1.82, 2.24) is 4.57 Å². The van der Waals surface area contributed by atoms with Crippen LogP contribution in [0.4, 0.5) is 17.1 Å². The number of hydrogen-bond donors (Lipinski definition) is 0. The van der Waals surface area contributed by atoms with E-state index in [4.69, 9.17) is 0 Å². The number of fused-ring (bicyclic) bond motifs is 6. The van der Waals surface area contributed by atoms with Crippen molar-refractivity contribution in [2.45, 2.75) is 0 Å². The summed E-state index contributed by atoms with van der Waals surface area (Å²) >= 11 is 1.88. The lowest BCUT2D eigenvalue weighted by Crippen LogP contribution is -2.10. The van der Waals surface area contributed by atoms with E-state index in [-0.39, 0.29) is 0 Å². The molecule has 0 N–H and O–H groups in total. The molecule has 0 saturated carbocycles. The van der Waals surface area contributed by atoms with Gasteiger partial charge in [0.25, 0.3) is 0 Å². The van der Waals surface area contributed by atoms with Gasteiger partial charge in [-0.3, -0.25) is 0 Å². The van der Waals surface area contributed by atoms with E-state index >= 15 is 0 Å². The van der Waals surface area contributed by atoms with Crippen LogP contribution in [0.25, 0.3) is 69.9 Å². The molecule has 2 heterocycles. The Morgan fingerprint density at radius 2 is 1.06 bits per heavy atom. The molecule has 10 aromatic rings. The maximum Gasteiger partial charge on any atom is 0.0562 e. The van der Waals surface area contributed by atoms with E-state index < -0.39 is 0 Å². The SMILES string of the molecule is c1ccc(-c2cc(N(c3ccccc3)c3cccc4c3c3ccccc3n4-c3ccccc3)ccc2-c2cccc3c2sc2ccccc23)cc1. The molecule has 2 aromatic heterocycles. The third-order valence-electron chi connectivity index (χ3n) is 9.99. The molecule has 0 bridgehead atoms. The lowest BCUT2D eigenvalue weighted by atomic mass is 9.92. The van der Waals surface area contributed by atoms with Gasteiger partial charge in [0.1, 0.15) is 0 Å². The van der Waals surface area contributed by atoms with E-state index in [0.29, 0.717) is 0 Å². The monoisotopic (exact) mass is 668 g/mol. The minimum atomic E-state index is 1.11. The molecule has 0 saturated heterocycles. The van der Waals surface area contributed by atoms with Gasteiger partial charge in [-0.25, -0.2) is 0 Å². The fourth-order valence-electron chi connectivity index (χ4n) is 7.77. The summed E-state index contributed by atoms with van der Waals surface area (Å²) in [5.74, 6) is 0. The van der Waals surface area contributed by atoms with Crippen molar-refractivity contribution in [2.75, 3.05) is 4.90 Å². The molecule has 0 radical (unpaired) electrons. The summed E-state index contributed by atoms with van der Waals surface area (Å²) in [4.78, 5) is 2.43. The molecular weight excluding hydrogens is 637 g/mol. The molecular formula is C48H32N2S.